The number of hydrogen-bond acceptors (Lipinski definition) is 4. The number of piperidine rings is 1. The van der Waals surface area contributed by atoms with Crippen LogP contribution >= 0.6 is 11.3 Å². The van der Waals surface area contributed by atoms with Crippen LogP contribution in [-0.4, -0.2) is 34.8 Å². The summed E-state index contributed by atoms with van der Waals surface area (Å²) in [7, 11) is 0. The van der Waals surface area contributed by atoms with Crippen LogP contribution in [0.25, 0.3) is 0 Å². The van der Waals surface area contributed by atoms with Crippen molar-refractivity contribution in [1.29, 1.82) is 0 Å². The van der Waals surface area contributed by atoms with E-state index in [9.17, 15) is 14.0 Å². The standard InChI is InChI=1S/C18H20FN3O2S/c1-12(23)21-16(17-20-8-11-25-17)13-6-9-22(10-7-13)18(24)14-4-2-3-5-15(14)19/h2-5,8,11,13,16H,6-7,9-10H2,1H3,(H,21,23)/t16-/m0/s1. The van der Waals surface area contributed by atoms with E-state index in [0.29, 0.717) is 13.1 Å². The lowest BCUT2D eigenvalue weighted by molar-refractivity contribution is -0.120. The minimum Gasteiger partial charge on any atom is -0.347 e. The number of hydrogen-bond donors (Lipinski definition) is 1. The number of rotatable bonds is 4. The normalized spacial score (nSPS) is 16.5. The first-order valence-corrected chi connectivity index (χ1v) is 9.14. The highest BCUT2D eigenvalue weighted by atomic mass is 32.1. The number of halogens is 1. The van der Waals surface area contributed by atoms with Gasteiger partial charge < -0.3 is 10.2 Å². The molecule has 0 bridgehead atoms. The summed E-state index contributed by atoms with van der Waals surface area (Å²) in [5.41, 5.74) is 0.110. The number of carbonyl (C=O) groups is 2. The van der Waals surface area contributed by atoms with Crippen LogP contribution < -0.4 is 5.32 Å². The maximum absolute atomic E-state index is 13.8. The smallest absolute Gasteiger partial charge is 0.256 e. The van der Waals surface area contributed by atoms with E-state index in [0.717, 1.165) is 17.8 Å². The molecule has 1 aliphatic heterocycles. The van der Waals surface area contributed by atoms with Gasteiger partial charge in [0.15, 0.2) is 0 Å². The van der Waals surface area contributed by atoms with E-state index >= 15 is 0 Å². The Hall–Kier alpha value is -2.28. The van der Waals surface area contributed by atoms with Crippen molar-refractivity contribution in [2.24, 2.45) is 5.92 Å². The zero-order chi connectivity index (χ0) is 17.8. The monoisotopic (exact) mass is 361 g/mol. The third kappa shape index (κ3) is 4.04. The molecule has 2 amide bonds. The lowest BCUT2D eigenvalue weighted by Gasteiger charge is -2.35. The van der Waals surface area contributed by atoms with Crippen molar-refractivity contribution in [3.63, 3.8) is 0 Å². The van der Waals surface area contributed by atoms with Crippen LogP contribution in [0.1, 0.15) is 41.2 Å². The lowest BCUT2D eigenvalue weighted by Crippen LogP contribution is -2.42. The second-order valence-corrected chi connectivity index (χ2v) is 7.08. The molecule has 0 spiro atoms. The highest BCUT2D eigenvalue weighted by Crippen LogP contribution is 2.32. The van der Waals surface area contributed by atoms with Crippen LogP contribution in [0.4, 0.5) is 4.39 Å². The Morgan fingerprint density at radius 3 is 2.64 bits per heavy atom. The van der Waals surface area contributed by atoms with Crippen LogP contribution in [0.5, 0.6) is 0 Å². The molecule has 132 valence electrons. The second kappa shape index (κ2) is 7.74. The van der Waals surface area contributed by atoms with Crippen molar-refractivity contribution in [3.8, 4) is 0 Å². The zero-order valence-electron chi connectivity index (χ0n) is 13.9. The Morgan fingerprint density at radius 2 is 2.04 bits per heavy atom. The summed E-state index contributed by atoms with van der Waals surface area (Å²) in [5.74, 6) is -0.653. The molecule has 5 nitrogen and oxygen atoms in total. The summed E-state index contributed by atoms with van der Waals surface area (Å²) in [6.07, 6.45) is 3.21. The molecule has 0 saturated carbocycles. The van der Waals surface area contributed by atoms with Gasteiger partial charge in [-0.3, -0.25) is 9.59 Å². The van der Waals surface area contributed by atoms with Crippen molar-refractivity contribution in [3.05, 3.63) is 52.2 Å². The molecule has 2 aromatic rings. The van der Waals surface area contributed by atoms with E-state index in [1.807, 2.05) is 5.38 Å². The number of nitrogens with zero attached hydrogens (tertiary/aromatic N) is 2. The number of amides is 2. The fourth-order valence-electron chi connectivity index (χ4n) is 3.23. The maximum Gasteiger partial charge on any atom is 0.256 e. The molecule has 1 fully saturated rings. The Morgan fingerprint density at radius 1 is 1.32 bits per heavy atom. The van der Waals surface area contributed by atoms with Gasteiger partial charge in [-0.25, -0.2) is 9.37 Å². The first kappa shape index (κ1) is 17.5. The molecule has 3 rings (SSSR count). The number of thiazole rings is 1. The van der Waals surface area contributed by atoms with Gasteiger partial charge in [0.2, 0.25) is 5.91 Å². The van der Waals surface area contributed by atoms with Gasteiger partial charge in [-0.2, -0.15) is 0 Å². The van der Waals surface area contributed by atoms with E-state index in [4.69, 9.17) is 0 Å². The van der Waals surface area contributed by atoms with Crippen molar-refractivity contribution in [2.45, 2.75) is 25.8 Å². The highest BCUT2D eigenvalue weighted by Gasteiger charge is 2.32. The van der Waals surface area contributed by atoms with Crippen molar-refractivity contribution in [1.82, 2.24) is 15.2 Å². The van der Waals surface area contributed by atoms with E-state index in [1.54, 1.807) is 23.2 Å². The summed E-state index contributed by atoms with van der Waals surface area (Å²) in [5, 5.41) is 5.76. The zero-order valence-corrected chi connectivity index (χ0v) is 14.8. The van der Waals surface area contributed by atoms with Gasteiger partial charge in [-0.15, -0.1) is 11.3 Å². The van der Waals surface area contributed by atoms with Crippen LogP contribution in [-0.2, 0) is 4.79 Å². The van der Waals surface area contributed by atoms with Crippen LogP contribution in [0.15, 0.2) is 35.8 Å². The van der Waals surface area contributed by atoms with Gasteiger partial charge in [-0.1, -0.05) is 12.1 Å². The largest absolute Gasteiger partial charge is 0.347 e. The quantitative estimate of drug-likeness (QED) is 0.911. The maximum atomic E-state index is 13.8. The minimum atomic E-state index is -0.492. The molecule has 2 heterocycles. The van der Waals surface area contributed by atoms with Gasteiger partial charge in [-0.05, 0) is 30.9 Å². The van der Waals surface area contributed by atoms with Gasteiger partial charge >= 0.3 is 0 Å². The summed E-state index contributed by atoms with van der Waals surface area (Å²) in [6, 6.07) is 5.92. The minimum absolute atomic E-state index is 0.0925. The highest BCUT2D eigenvalue weighted by molar-refractivity contribution is 7.09. The average molecular weight is 361 g/mol. The molecular formula is C18H20FN3O2S. The number of aromatic nitrogens is 1. The number of likely N-dealkylation sites (tertiary alicyclic amines) is 1. The molecule has 7 heteroatoms. The topological polar surface area (TPSA) is 62.3 Å². The Labute approximate surface area is 149 Å². The van der Waals surface area contributed by atoms with Crippen LogP contribution in [0.2, 0.25) is 0 Å². The molecule has 1 atom stereocenters. The van der Waals surface area contributed by atoms with Crippen LogP contribution in [0, 0.1) is 11.7 Å². The van der Waals surface area contributed by atoms with E-state index in [1.165, 1.54) is 30.4 Å². The molecule has 0 unspecified atom stereocenters. The molecule has 1 aromatic carbocycles. The Bertz CT molecular complexity index is 743. The third-order valence-corrected chi connectivity index (χ3v) is 5.34. The number of nitrogens with one attached hydrogen (secondary N) is 1. The van der Waals surface area contributed by atoms with E-state index < -0.39 is 5.82 Å². The summed E-state index contributed by atoms with van der Waals surface area (Å²) >= 11 is 1.52. The molecule has 0 radical (unpaired) electrons. The predicted molar refractivity (Wildman–Crippen MR) is 93.7 cm³/mol. The van der Waals surface area contributed by atoms with Crippen molar-refractivity contribution < 1.29 is 14.0 Å². The fraction of sp³-hybridized carbons (Fsp3) is 0.389. The summed E-state index contributed by atoms with van der Waals surface area (Å²) in [6.45, 7) is 2.58. The SMILES string of the molecule is CC(=O)N[C@H](c1nccs1)C1CCN(C(=O)c2ccccc2F)CC1. The van der Waals surface area contributed by atoms with Crippen molar-refractivity contribution >= 4 is 23.2 Å². The van der Waals surface area contributed by atoms with Gasteiger partial charge in [0, 0.05) is 31.6 Å². The molecule has 0 aliphatic carbocycles. The molecular weight excluding hydrogens is 341 g/mol. The average Bonchev–Trinajstić information content (AvgIpc) is 3.14. The van der Waals surface area contributed by atoms with E-state index in [-0.39, 0.29) is 29.3 Å². The van der Waals surface area contributed by atoms with Gasteiger partial charge in [0.05, 0.1) is 11.6 Å². The Balaban J connectivity index is 1.67. The first-order chi connectivity index (χ1) is 12.1. The molecule has 1 aliphatic rings. The van der Waals surface area contributed by atoms with Gasteiger partial charge in [0.25, 0.3) is 5.91 Å². The fourth-order valence-corrected chi connectivity index (χ4v) is 4.01. The predicted octanol–water partition coefficient (Wildman–Crippen LogP) is 3.01. The second-order valence-electron chi connectivity index (χ2n) is 6.16. The summed E-state index contributed by atoms with van der Waals surface area (Å²) < 4.78 is 13.8. The van der Waals surface area contributed by atoms with E-state index in [2.05, 4.69) is 10.3 Å². The van der Waals surface area contributed by atoms with Crippen molar-refractivity contribution in [2.75, 3.05) is 13.1 Å². The number of benzene rings is 1. The molecule has 1 aromatic heterocycles. The molecule has 1 saturated heterocycles. The lowest BCUT2D eigenvalue weighted by atomic mass is 9.89. The van der Waals surface area contributed by atoms with Gasteiger partial charge in [0.1, 0.15) is 10.8 Å². The molecule has 25 heavy (non-hydrogen) atoms. The molecule has 1 N–H and O–H groups in total. The van der Waals surface area contributed by atoms with Crippen LogP contribution in [0.3, 0.4) is 0 Å². The summed E-state index contributed by atoms with van der Waals surface area (Å²) in [4.78, 5) is 30.1. The Kier molecular flexibility index (Phi) is 5.43. The first-order valence-electron chi connectivity index (χ1n) is 8.26. The number of carbonyl (C=O) groups excluding carboxylic acids is 2. The third-order valence-electron chi connectivity index (χ3n) is 4.48.